The van der Waals surface area contributed by atoms with E-state index in [1.807, 2.05) is 24.3 Å². The molecule has 0 aromatic heterocycles. The van der Waals surface area contributed by atoms with Gasteiger partial charge < -0.3 is 14.8 Å². The Hall–Kier alpha value is -4.35. The molecule has 0 unspecified atom stereocenters. The summed E-state index contributed by atoms with van der Waals surface area (Å²) < 4.78 is 10.7. The van der Waals surface area contributed by atoms with Crippen LogP contribution in [-0.4, -0.2) is 17.9 Å². The summed E-state index contributed by atoms with van der Waals surface area (Å²) >= 11 is 6.12. The first-order valence-corrected chi connectivity index (χ1v) is 10.0. The second kappa shape index (κ2) is 10.8. The monoisotopic (exact) mass is 463 g/mol. The van der Waals surface area contributed by atoms with Gasteiger partial charge in [0, 0.05) is 10.6 Å². The number of nitrogens with one attached hydrogen (secondary N) is 1. The van der Waals surface area contributed by atoms with Crippen molar-refractivity contribution >= 4 is 35.0 Å². The summed E-state index contributed by atoms with van der Waals surface area (Å²) in [5.74, 6) is 0.0845. The minimum absolute atomic E-state index is 0.0460. The first-order chi connectivity index (χ1) is 15.9. The summed E-state index contributed by atoms with van der Waals surface area (Å²) in [5, 5.41) is 23.7. The fraction of sp³-hybridized carbons (Fsp3) is 0.0833. The van der Waals surface area contributed by atoms with Crippen molar-refractivity contribution in [2.24, 2.45) is 0 Å². The summed E-state index contributed by atoms with van der Waals surface area (Å²) in [5.41, 5.74) is 0.815. The number of halogens is 1. The molecule has 1 N–H and O–H groups in total. The topological polar surface area (TPSA) is 114 Å². The van der Waals surface area contributed by atoms with Gasteiger partial charge in [-0.05, 0) is 42.0 Å². The van der Waals surface area contributed by atoms with Gasteiger partial charge in [-0.3, -0.25) is 14.9 Å². The number of hydrogen-bond donors (Lipinski definition) is 1. The van der Waals surface area contributed by atoms with Crippen molar-refractivity contribution in [3.63, 3.8) is 0 Å². The Bertz CT molecular complexity index is 1250. The zero-order chi connectivity index (χ0) is 23.8. The third kappa shape index (κ3) is 6.09. The molecule has 0 atom stereocenters. The molecule has 0 saturated carbocycles. The van der Waals surface area contributed by atoms with E-state index in [4.69, 9.17) is 21.1 Å². The van der Waals surface area contributed by atoms with Crippen LogP contribution < -0.4 is 14.8 Å². The van der Waals surface area contributed by atoms with E-state index in [1.54, 1.807) is 30.3 Å². The Balaban J connectivity index is 1.71. The standard InChI is InChI=1S/C24H18ClN3O5/c1-32-20-10-11-22(23(13-20)28(30)31)27-24(29)18(14-26)12-16-6-8-19(9-7-16)33-15-17-4-2-3-5-21(17)25/h2-13H,15H2,1H3,(H,27,29)/b18-12+. The molecule has 3 rings (SSSR count). The largest absolute Gasteiger partial charge is 0.496 e. The average molecular weight is 464 g/mol. The van der Waals surface area contributed by atoms with E-state index < -0.39 is 10.8 Å². The van der Waals surface area contributed by atoms with E-state index >= 15 is 0 Å². The van der Waals surface area contributed by atoms with Crippen LogP contribution in [0.1, 0.15) is 11.1 Å². The number of rotatable bonds is 8. The zero-order valence-corrected chi connectivity index (χ0v) is 18.2. The van der Waals surface area contributed by atoms with E-state index in [0.717, 1.165) is 5.56 Å². The third-order valence-electron chi connectivity index (χ3n) is 4.56. The van der Waals surface area contributed by atoms with Gasteiger partial charge in [-0.1, -0.05) is 41.9 Å². The Morgan fingerprint density at radius 1 is 1.15 bits per heavy atom. The van der Waals surface area contributed by atoms with Gasteiger partial charge in [-0.2, -0.15) is 5.26 Å². The number of ether oxygens (including phenoxy) is 2. The van der Waals surface area contributed by atoms with Crippen LogP contribution in [0.5, 0.6) is 11.5 Å². The SMILES string of the molecule is COc1ccc(NC(=O)/C(C#N)=C/c2ccc(OCc3ccccc3Cl)cc2)c([N+](=O)[O-])c1. The molecule has 0 bridgehead atoms. The van der Waals surface area contributed by atoms with Crippen LogP contribution in [0, 0.1) is 21.4 Å². The van der Waals surface area contributed by atoms with Crippen molar-refractivity contribution in [3.8, 4) is 17.6 Å². The number of nitro groups is 1. The van der Waals surface area contributed by atoms with Gasteiger partial charge in [0.15, 0.2) is 0 Å². The molecule has 0 aliphatic heterocycles. The lowest BCUT2D eigenvalue weighted by Crippen LogP contribution is -2.14. The van der Waals surface area contributed by atoms with Crippen LogP contribution in [0.3, 0.4) is 0 Å². The number of benzene rings is 3. The fourth-order valence-corrected chi connectivity index (χ4v) is 3.03. The summed E-state index contributed by atoms with van der Waals surface area (Å²) in [4.78, 5) is 23.2. The molecule has 0 heterocycles. The van der Waals surface area contributed by atoms with Crippen molar-refractivity contribution in [3.05, 3.63) is 98.6 Å². The van der Waals surface area contributed by atoms with E-state index in [2.05, 4.69) is 5.32 Å². The molecule has 8 nitrogen and oxygen atoms in total. The highest BCUT2D eigenvalue weighted by atomic mass is 35.5. The lowest BCUT2D eigenvalue weighted by atomic mass is 10.1. The van der Waals surface area contributed by atoms with Gasteiger partial charge in [-0.15, -0.1) is 0 Å². The number of hydrogen-bond acceptors (Lipinski definition) is 6. The zero-order valence-electron chi connectivity index (χ0n) is 17.4. The first-order valence-electron chi connectivity index (χ1n) is 9.63. The van der Waals surface area contributed by atoms with E-state index in [9.17, 15) is 20.2 Å². The number of nitrogens with zero attached hydrogens (tertiary/aromatic N) is 2. The van der Waals surface area contributed by atoms with E-state index in [-0.39, 0.29) is 22.7 Å². The number of amides is 1. The molecule has 3 aromatic carbocycles. The Morgan fingerprint density at radius 3 is 2.48 bits per heavy atom. The second-order valence-electron chi connectivity index (χ2n) is 6.71. The van der Waals surface area contributed by atoms with Crippen molar-refractivity contribution in [2.45, 2.75) is 6.61 Å². The third-order valence-corrected chi connectivity index (χ3v) is 4.93. The van der Waals surface area contributed by atoms with Crippen LogP contribution in [0.2, 0.25) is 5.02 Å². The predicted molar refractivity (Wildman–Crippen MR) is 124 cm³/mol. The number of anilines is 1. The highest BCUT2D eigenvalue weighted by molar-refractivity contribution is 6.31. The van der Waals surface area contributed by atoms with Gasteiger partial charge in [0.25, 0.3) is 11.6 Å². The molecule has 33 heavy (non-hydrogen) atoms. The van der Waals surface area contributed by atoms with Gasteiger partial charge in [-0.25, -0.2) is 0 Å². The average Bonchev–Trinajstić information content (AvgIpc) is 2.82. The maximum Gasteiger partial charge on any atom is 0.296 e. The molecule has 0 aliphatic rings. The summed E-state index contributed by atoms with van der Waals surface area (Å²) in [7, 11) is 1.38. The van der Waals surface area contributed by atoms with Crippen LogP contribution in [0.25, 0.3) is 6.08 Å². The molecule has 0 saturated heterocycles. The minimum Gasteiger partial charge on any atom is -0.496 e. The van der Waals surface area contributed by atoms with Gasteiger partial charge in [0.2, 0.25) is 0 Å². The predicted octanol–water partition coefficient (Wildman–Crippen LogP) is 5.38. The van der Waals surface area contributed by atoms with Crippen LogP contribution >= 0.6 is 11.6 Å². The highest BCUT2D eigenvalue weighted by Crippen LogP contribution is 2.29. The van der Waals surface area contributed by atoms with E-state index in [1.165, 1.54) is 31.4 Å². The number of carbonyl (C=O) groups excluding carboxylic acids is 1. The van der Waals surface area contributed by atoms with Crippen molar-refractivity contribution in [1.82, 2.24) is 0 Å². The summed E-state index contributed by atoms with van der Waals surface area (Å²) in [6, 6.07) is 19.9. The lowest BCUT2D eigenvalue weighted by molar-refractivity contribution is -0.384. The quantitative estimate of drug-likeness (QED) is 0.207. The maximum atomic E-state index is 12.5. The van der Waals surface area contributed by atoms with Crippen molar-refractivity contribution in [1.29, 1.82) is 5.26 Å². The lowest BCUT2D eigenvalue weighted by Gasteiger charge is -2.08. The summed E-state index contributed by atoms with van der Waals surface area (Å²) in [6.45, 7) is 0.293. The fourth-order valence-electron chi connectivity index (χ4n) is 2.84. The highest BCUT2D eigenvalue weighted by Gasteiger charge is 2.19. The Kier molecular flexibility index (Phi) is 7.63. The van der Waals surface area contributed by atoms with Crippen LogP contribution in [0.4, 0.5) is 11.4 Å². The molecule has 1 amide bonds. The van der Waals surface area contributed by atoms with E-state index in [0.29, 0.717) is 22.9 Å². The molecule has 166 valence electrons. The van der Waals surface area contributed by atoms with Crippen molar-refractivity contribution < 1.29 is 19.2 Å². The van der Waals surface area contributed by atoms with Gasteiger partial charge in [0.05, 0.1) is 18.1 Å². The van der Waals surface area contributed by atoms with Crippen LogP contribution in [0.15, 0.2) is 72.3 Å². The molecular weight excluding hydrogens is 446 g/mol. The van der Waals surface area contributed by atoms with Gasteiger partial charge in [0.1, 0.15) is 35.4 Å². The molecule has 0 aliphatic carbocycles. The molecule has 0 radical (unpaired) electrons. The smallest absolute Gasteiger partial charge is 0.296 e. The molecule has 9 heteroatoms. The number of nitriles is 1. The molecule has 3 aromatic rings. The first kappa shape index (κ1) is 23.3. The molecular formula is C24H18ClN3O5. The normalized spacial score (nSPS) is 10.8. The van der Waals surface area contributed by atoms with Gasteiger partial charge >= 0.3 is 0 Å². The minimum atomic E-state index is -0.773. The Morgan fingerprint density at radius 2 is 1.85 bits per heavy atom. The second-order valence-corrected chi connectivity index (χ2v) is 7.12. The van der Waals surface area contributed by atoms with Crippen LogP contribution in [-0.2, 0) is 11.4 Å². The maximum absolute atomic E-state index is 12.5. The number of methoxy groups -OCH3 is 1. The Labute approximate surface area is 194 Å². The summed E-state index contributed by atoms with van der Waals surface area (Å²) in [6.07, 6.45) is 1.38. The number of nitro benzene ring substituents is 1. The van der Waals surface area contributed by atoms with Crippen molar-refractivity contribution in [2.75, 3.05) is 12.4 Å². The molecule has 0 spiro atoms. The number of carbonyl (C=O) groups is 1. The molecule has 0 fully saturated rings.